The number of pyridine rings is 2. The zero-order valence-corrected chi connectivity index (χ0v) is 20.7. The van der Waals surface area contributed by atoms with Crippen molar-refractivity contribution in [2.24, 2.45) is 0 Å². The van der Waals surface area contributed by atoms with E-state index in [1.807, 2.05) is 48.5 Å². The molecule has 0 unspecified atom stereocenters. The van der Waals surface area contributed by atoms with E-state index in [1.165, 1.54) is 35.6 Å². The van der Waals surface area contributed by atoms with E-state index in [4.69, 9.17) is 0 Å². The molecule has 0 saturated carbocycles. The molecule has 3 heterocycles. The van der Waals surface area contributed by atoms with Crippen LogP contribution in [0, 0.1) is 23.8 Å². The molecule has 0 atom stereocenters. The SMILES string of the molecule is Fc1c[c-]c2c(c1)c1cc(F)cc3sc4ccnc2c4c31.[Ir].[c-]1ccccc1-c1ccccn1. The van der Waals surface area contributed by atoms with Gasteiger partial charge in [-0.25, -0.2) is 4.39 Å². The van der Waals surface area contributed by atoms with E-state index in [-0.39, 0.29) is 31.7 Å². The van der Waals surface area contributed by atoms with Gasteiger partial charge >= 0.3 is 0 Å². The van der Waals surface area contributed by atoms with Gasteiger partial charge < -0.3 is 9.97 Å². The minimum atomic E-state index is -0.378. The summed E-state index contributed by atoms with van der Waals surface area (Å²) in [6.45, 7) is 0. The molecule has 0 saturated heterocycles. The molecule has 0 aliphatic rings. The average Bonchev–Trinajstić information content (AvgIpc) is 3.23. The van der Waals surface area contributed by atoms with Gasteiger partial charge in [0.2, 0.25) is 0 Å². The third-order valence-corrected chi connectivity index (χ3v) is 6.63. The Balaban J connectivity index is 0.000000159. The molecule has 1 radical (unpaired) electrons. The summed E-state index contributed by atoms with van der Waals surface area (Å²) < 4.78 is 29.5. The minimum absolute atomic E-state index is 0. The standard InChI is InChI=1S/C17H6F2NS.C11H8N.Ir/c18-8-1-2-10-11(5-8)12-6-9(19)7-14-15(12)16-13(21-14)3-4-20-17(10)16;1-2-6-10(7-3-1)11-8-4-5-9-12-11;/h1,3-7H;1-6,8-9H;/q2*-1;. The normalized spacial score (nSPS) is 11.0. The molecule has 0 spiro atoms. The molecule has 3 aromatic heterocycles. The third kappa shape index (κ3) is 3.84. The maximum atomic E-state index is 13.9. The Kier molecular flexibility index (Phi) is 6.05. The molecule has 0 aliphatic heterocycles. The first-order valence-electron chi connectivity index (χ1n) is 10.3. The number of nitrogens with zero attached hydrogens (tertiary/aromatic N) is 2. The summed E-state index contributed by atoms with van der Waals surface area (Å²) >= 11 is 1.53. The Labute approximate surface area is 211 Å². The molecule has 7 rings (SSSR count). The van der Waals surface area contributed by atoms with Crippen molar-refractivity contribution in [1.82, 2.24) is 9.97 Å². The van der Waals surface area contributed by atoms with Crippen molar-refractivity contribution in [1.29, 1.82) is 0 Å². The van der Waals surface area contributed by atoms with Crippen molar-refractivity contribution >= 4 is 53.2 Å². The largest absolute Gasteiger partial charge is 0.305 e. The molecule has 7 aromatic rings. The van der Waals surface area contributed by atoms with Gasteiger partial charge in [-0.3, -0.25) is 4.39 Å². The van der Waals surface area contributed by atoms with E-state index in [9.17, 15) is 8.78 Å². The van der Waals surface area contributed by atoms with Crippen LogP contribution in [0.15, 0.2) is 85.2 Å². The van der Waals surface area contributed by atoms with Crippen molar-refractivity contribution in [2.45, 2.75) is 0 Å². The molecule has 0 aliphatic carbocycles. The van der Waals surface area contributed by atoms with E-state index in [0.29, 0.717) is 5.39 Å². The third-order valence-electron chi connectivity index (χ3n) is 5.53. The first-order chi connectivity index (χ1) is 16.2. The molecule has 0 bridgehead atoms. The van der Waals surface area contributed by atoms with Crippen LogP contribution in [-0.2, 0) is 20.1 Å². The van der Waals surface area contributed by atoms with Gasteiger partial charge in [0.25, 0.3) is 0 Å². The second kappa shape index (κ2) is 9.15. The fourth-order valence-electron chi connectivity index (χ4n) is 4.17. The summed E-state index contributed by atoms with van der Waals surface area (Å²) in [5.41, 5.74) is 2.81. The Morgan fingerprint density at radius 2 is 1.59 bits per heavy atom. The van der Waals surface area contributed by atoms with Crippen LogP contribution in [-0.4, -0.2) is 9.97 Å². The van der Waals surface area contributed by atoms with E-state index in [1.54, 1.807) is 12.4 Å². The van der Waals surface area contributed by atoms with Crippen LogP contribution < -0.4 is 0 Å². The molecular weight excluding hydrogens is 627 g/mol. The number of fused-ring (bicyclic) bond motifs is 3. The molecule has 6 heteroatoms. The van der Waals surface area contributed by atoms with Crippen molar-refractivity contribution in [3.63, 3.8) is 0 Å². The predicted octanol–water partition coefficient (Wildman–Crippen LogP) is 7.82. The van der Waals surface area contributed by atoms with Crippen molar-refractivity contribution in [2.75, 3.05) is 0 Å². The monoisotopic (exact) mass is 641 g/mol. The first-order valence-corrected chi connectivity index (χ1v) is 11.1. The molecule has 167 valence electrons. The quantitative estimate of drug-likeness (QED) is 0.135. The Bertz CT molecular complexity index is 1700. The van der Waals surface area contributed by atoms with Gasteiger partial charge in [-0.05, 0) is 51.6 Å². The van der Waals surface area contributed by atoms with Crippen LogP contribution in [0.3, 0.4) is 0 Å². The zero-order chi connectivity index (χ0) is 22.4. The first kappa shape index (κ1) is 22.5. The second-order valence-electron chi connectivity index (χ2n) is 7.56. The van der Waals surface area contributed by atoms with Gasteiger partial charge in [-0.1, -0.05) is 17.5 Å². The van der Waals surface area contributed by atoms with Crippen molar-refractivity contribution in [3.8, 4) is 11.3 Å². The van der Waals surface area contributed by atoms with Crippen LogP contribution in [0.2, 0.25) is 0 Å². The van der Waals surface area contributed by atoms with Gasteiger partial charge in [0.05, 0.1) is 0 Å². The Morgan fingerprint density at radius 1 is 0.735 bits per heavy atom. The number of benzene rings is 4. The van der Waals surface area contributed by atoms with Crippen molar-refractivity contribution in [3.05, 3.63) is 109 Å². The zero-order valence-electron chi connectivity index (χ0n) is 17.5. The van der Waals surface area contributed by atoms with Gasteiger partial charge in [0, 0.05) is 47.7 Å². The summed E-state index contributed by atoms with van der Waals surface area (Å²) in [6.07, 6.45) is 3.52. The molecule has 2 nitrogen and oxygen atoms in total. The van der Waals surface area contributed by atoms with Crippen LogP contribution in [0.25, 0.3) is 53.1 Å². The van der Waals surface area contributed by atoms with E-state index in [2.05, 4.69) is 22.1 Å². The fourth-order valence-corrected chi connectivity index (χ4v) is 5.32. The van der Waals surface area contributed by atoms with Gasteiger partial charge in [0.1, 0.15) is 5.82 Å². The topological polar surface area (TPSA) is 25.8 Å². The fraction of sp³-hybridized carbons (Fsp3) is 0. The molecule has 0 N–H and O–H groups in total. The molecule has 34 heavy (non-hydrogen) atoms. The van der Waals surface area contributed by atoms with Gasteiger partial charge in [0.15, 0.2) is 0 Å². The van der Waals surface area contributed by atoms with Crippen molar-refractivity contribution < 1.29 is 28.9 Å². The number of thiophene rings is 1. The number of aromatic nitrogens is 2. The number of halogens is 2. The van der Waals surface area contributed by atoms with E-state index >= 15 is 0 Å². The number of hydrogen-bond donors (Lipinski definition) is 0. The maximum Gasteiger partial charge on any atom is 0.124 e. The van der Waals surface area contributed by atoms with Crippen LogP contribution in [0.1, 0.15) is 0 Å². The van der Waals surface area contributed by atoms with E-state index < -0.39 is 0 Å². The van der Waals surface area contributed by atoms with Gasteiger partial charge in [-0.15, -0.1) is 70.8 Å². The predicted molar refractivity (Wildman–Crippen MR) is 131 cm³/mol. The number of rotatable bonds is 1. The van der Waals surface area contributed by atoms with Crippen LogP contribution in [0.5, 0.6) is 0 Å². The Morgan fingerprint density at radius 3 is 2.38 bits per heavy atom. The van der Waals surface area contributed by atoms with Gasteiger partial charge in [-0.2, -0.15) is 0 Å². The van der Waals surface area contributed by atoms with E-state index in [0.717, 1.165) is 47.7 Å². The molecule has 4 aromatic carbocycles. The number of hydrogen-bond acceptors (Lipinski definition) is 3. The minimum Gasteiger partial charge on any atom is -0.305 e. The molecule has 0 fully saturated rings. The maximum absolute atomic E-state index is 13.9. The summed E-state index contributed by atoms with van der Waals surface area (Å²) in [7, 11) is 0. The summed E-state index contributed by atoms with van der Waals surface area (Å²) in [4.78, 5) is 8.66. The molecular formula is C28H14F2IrN2S-2. The Hall–Kier alpha value is -3.31. The summed E-state index contributed by atoms with van der Waals surface area (Å²) in [5, 5.41) is 4.10. The summed E-state index contributed by atoms with van der Waals surface area (Å²) in [5.74, 6) is -0.687. The van der Waals surface area contributed by atoms with Crippen LogP contribution in [0.4, 0.5) is 8.78 Å². The second-order valence-corrected chi connectivity index (χ2v) is 8.64. The average molecular weight is 641 g/mol. The summed E-state index contributed by atoms with van der Waals surface area (Å²) in [6, 6.07) is 27.4. The van der Waals surface area contributed by atoms with Crippen LogP contribution >= 0.6 is 11.3 Å². The smallest absolute Gasteiger partial charge is 0.124 e. The molecule has 0 amide bonds.